The van der Waals surface area contributed by atoms with Crippen molar-refractivity contribution in [3.8, 4) is 0 Å². The lowest BCUT2D eigenvalue weighted by Gasteiger charge is -2.33. The van der Waals surface area contributed by atoms with Gasteiger partial charge in [-0.25, -0.2) is 15.0 Å². The minimum Gasteiger partial charge on any atom is -0.393 e. The minimum atomic E-state index is 0.493. The maximum atomic E-state index is 6.32. The Hall–Kier alpha value is -2.97. The molecule has 0 bridgehead atoms. The zero-order valence-electron chi connectivity index (χ0n) is 14.7. The summed E-state index contributed by atoms with van der Waals surface area (Å²) >= 11 is 0. The van der Waals surface area contributed by atoms with Crippen LogP contribution in [0.4, 0.5) is 23.0 Å². The molecule has 1 aliphatic rings. The van der Waals surface area contributed by atoms with E-state index in [4.69, 9.17) is 5.73 Å². The molecule has 3 aromatic rings. The van der Waals surface area contributed by atoms with E-state index in [-0.39, 0.29) is 0 Å². The van der Waals surface area contributed by atoms with Crippen LogP contribution in [-0.2, 0) is 0 Å². The molecule has 0 amide bonds. The van der Waals surface area contributed by atoms with Crippen LogP contribution in [0.1, 0.15) is 0 Å². The summed E-state index contributed by atoms with van der Waals surface area (Å²) in [4.78, 5) is 15.3. The molecule has 4 N–H and O–H groups in total. The van der Waals surface area contributed by atoms with E-state index >= 15 is 0 Å². The molecule has 4 rings (SSSR count). The average Bonchev–Trinajstić information content (AvgIpc) is 2.67. The van der Waals surface area contributed by atoms with Crippen LogP contribution in [0.5, 0.6) is 0 Å². The number of piperazine rings is 1. The summed E-state index contributed by atoms with van der Waals surface area (Å²) in [7, 11) is 2.12. The van der Waals surface area contributed by atoms with Crippen molar-refractivity contribution in [2.75, 3.05) is 49.7 Å². The predicted octanol–water partition coefficient (Wildman–Crippen LogP) is 1.92. The van der Waals surface area contributed by atoms with Gasteiger partial charge < -0.3 is 21.4 Å². The number of aromatic nitrogens is 3. The van der Waals surface area contributed by atoms with E-state index in [9.17, 15) is 0 Å². The first-order valence-electron chi connectivity index (χ1n) is 8.62. The first-order valence-corrected chi connectivity index (χ1v) is 8.62. The van der Waals surface area contributed by atoms with E-state index in [1.54, 1.807) is 6.20 Å². The van der Waals surface area contributed by atoms with Gasteiger partial charge in [0.2, 0.25) is 0 Å². The number of hydrogen-bond donors (Lipinski definition) is 3. The Morgan fingerprint density at radius 2 is 1.77 bits per heavy atom. The van der Waals surface area contributed by atoms with Gasteiger partial charge in [0.15, 0.2) is 11.6 Å². The number of hydrazine groups is 1. The van der Waals surface area contributed by atoms with E-state index in [1.165, 1.54) is 6.33 Å². The highest BCUT2D eigenvalue weighted by Gasteiger charge is 2.16. The van der Waals surface area contributed by atoms with Gasteiger partial charge in [0, 0.05) is 43.4 Å². The van der Waals surface area contributed by atoms with Crippen molar-refractivity contribution in [1.29, 1.82) is 0 Å². The van der Waals surface area contributed by atoms with Crippen LogP contribution in [-0.4, -0.2) is 58.1 Å². The molecule has 134 valence electrons. The fourth-order valence-corrected chi connectivity index (χ4v) is 2.99. The largest absolute Gasteiger partial charge is 0.393 e. The van der Waals surface area contributed by atoms with Gasteiger partial charge in [0.05, 0.1) is 5.52 Å². The van der Waals surface area contributed by atoms with Gasteiger partial charge in [-0.05, 0) is 31.3 Å². The molecule has 8 heteroatoms. The minimum absolute atomic E-state index is 0.493. The van der Waals surface area contributed by atoms with Gasteiger partial charge in [-0.15, -0.1) is 0 Å². The summed E-state index contributed by atoms with van der Waals surface area (Å²) in [5.74, 6) is 1.19. The number of benzene rings is 1. The van der Waals surface area contributed by atoms with E-state index < -0.39 is 0 Å². The quantitative estimate of drug-likeness (QED) is 0.657. The Labute approximate surface area is 152 Å². The van der Waals surface area contributed by atoms with E-state index in [0.29, 0.717) is 17.3 Å². The molecular weight excluding hydrogens is 328 g/mol. The summed E-state index contributed by atoms with van der Waals surface area (Å²) in [5, 5.41) is 6.46. The Balaban J connectivity index is 1.57. The second-order valence-electron chi connectivity index (χ2n) is 6.39. The topological polar surface area (TPSA) is 95.2 Å². The summed E-state index contributed by atoms with van der Waals surface area (Å²) in [5.41, 5.74) is 11.9. The zero-order valence-corrected chi connectivity index (χ0v) is 14.7. The Morgan fingerprint density at radius 1 is 0.962 bits per heavy atom. The Morgan fingerprint density at radius 3 is 2.62 bits per heavy atom. The first kappa shape index (κ1) is 16.5. The summed E-state index contributed by atoms with van der Waals surface area (Å²) in [6, 6.07) is 9.85. The zero-order chi connectivity index (χ0) is 17.9. The van der Waals surface area contributed by atoms with E-state index in [1.807, 2.05) is 30.3 Å². The van der Waals surface area contributed by atoms with Crippen molar-refractivity contribution in [2.45, 2.75) is 0 Å². The molecule has 1 fully saturated rings. The van der Waals surface area contributed by atoms with Crippen LogP contribution in [0.2, 0.25) is 0 Å². The lowest BCUT2D eigenvalue weighted by Crippen LogP contribution is -2.47. The molecule has 26 heavy (non-hydrogen) atoms. The second-order valence-corrected chi connectivity index (χ2v) is 6.39. The second kappa shape index (κ2) is 7.11. The monoisotopic (exact) mass is 350 g/mol. The number of anilines is 4. The van der Waals surface area contributed by atoms with Crippen molar-refractivity contribution >= 4 is 33.9 Å². The number of nitrogen functional groups attached to an aromatic ring is 1. The average molecular weight is 350 g/mol. The van der Waals surface area contributed by atoms with E-state index in [0.717, 1.165) is 42.8 Å². The molecule has 2 aromatic heterocycles. The smallest absolute Gasteiger partial charge is 0.169 e. The molecule has 0 radical (unpaired) electrons. The number of pyridine rings is 1. The van der Waals surface area contributed by atoms with Crippen LogP contribution >= 0.6 is 0 Å². The molecule has 0 saturated carbocycles. The molecule has 1 saturated heterocycles. The Bertz CT molecular complexity index is 899. The van der Waals surface area contributed by atoms with Gasteiger partial charge in [0.25, 0.3) is 0 Å². The van der Waals surface area contributed by atoms with Crippen molar-refractivity contribution in [3.63, 3.8) is 0 Å². The van der Waals surface area contributed by atoms with Crippen LogP contribution in [0.3, 0.4) is 0 Å². The highest BCUT2D eigenvalue weighted by atomic mass is 15.5. The molecule has 3 heterocycles. The number of likely N-dealkylation sites (N-methyl/N-ethyl adjacent to an activating group) is 1. The standard InChI is InChI=1S/C18H22N8/c1-25-8-10-26(11-9-25)24-18-16(19)17(21-12-22-18)23-15-6-2-5-14-13(15)4-3-7-20-14/h2-7,12H,8-11,19H2,1H3,(H2,21,22,23,24). The summed E-state index contributed by atoms with van der Waals surface area (Å²) < 4.78 is 0. The summed E-state index contributed by atoms with van der Waals surface area (Å²) in [6.45, 7) is 3.84. The lowest BCUT2D eigenvalue weighted by molar-refractivity contribution is 0.178. The van der Waals surface area contributed by atoms with Crippen LogP contribution in [0.15, 0.2) is 42.9 Å². The maximum absolute atomic E-state index is 6.32. The van der Waals surface area contributed by atoms with Crippen LogP contribution in [0.25, 0.3) is 10.9 Å². The first-order chi connectivity index (χ1) is 12.7. The van der Waals surface area contributed by atoms with Gasteiger partial charge in [0.1, 0.15) is 12.0 Å². The predicted molar refractivity (Wildman–Crippen MR) is 104 cm³/mol. The number of hydrogen-bond acceptors (Lipinski definition) is 8. The highest BCUT2D eigenvalue weighted by Crippen LogP contribution is 2.29. The van der Waals surface area contributed by atoms with Crippen molar-refractivity contribution in [3.05, 3.63) is 42.9 Å². The van der Waals surface area contributed by atoms with Gasteiger partial charge in [-0.2, -0.15) is 0 Å². The molecule has 0 unspecified atom stereocenters. The third kappa shape index (κ3) is 3.37. The normalized spacial score (nSPS) is 15.9. The third-order valence-corrected chi connectivity index (χ3v) is 4.55. The molecule has 0 atom stereocenters. The van der Waals surface area contributed by atoms with Crippen LogP contribution in [0, 0.1) is 0 Å². The van der Waals surface area contributed by atoms with Crippen molar-refractivity contribution in [1.82, 2.24) is 24.9 Å². The van der Waals surface area contributed by atoms with Crippen molar-refractivity contribution < 1.29 is 0 Å². The molecular formula is C18H22N8. The molecule has 0 aliphatic carbocycles. The lowest BCUT2D eigenvalue weighted by atomic mass is 10.2. The van der Waals surface area contributed by atoms with Gasteiger partial charge in [-0.1, -0.05) is 6.07 Å². The highest BCUT2D eigenvalue weighted by molar-refractivity contribution is 5.94. The number of nitrogens with zero attached hydrogens (tertiary/aromatic N) is 5. The van der Waals surface area contributed by atoms with Gasteiger partial charge in [-0.3, -0.25) is 4.98 Å². The summed E-state index contributed by atoms with van der Waals surface area (Å²) in [6.07, 6.45) is 3.30. The number of fused-ring (bicyclic) bond motifs is 1. The molecule has 8 nitrogen and oxygen atoms in total. The molecule has 0 spiro atoms. The molecule has 1 aromatic carbocycles. The SMILES string of the molecule is CN1CCN(Nc2ncnc(Nc3cccc4ncccc34)c2N)CC1. The number of rotatable bonds is 4. The Kier molecular flexibility index (Phi) is 4.51. The fourth-order valence-electron chi connectivity index (χ4n) is 2.99. The third-order valence-electron chi connectivity index (χ3n) is 4.55. The van der Waals surface area contributed by atoms with E-state index in [2.05, 4.69) is 42.7 Å². The van der Waals surface area contributed by atoms with Gasteiger partial charge >= 0.3 is 0 Å². The molecule has 1 aliphatic heterocycles. The fraction of sp³-hybridized carbons (Fsp3) is 0.278. The van der Waals surface area contributed by atoms with Crippen LogP contribution < -0.4 is 16.5 Å². The maximum Gasteiger partial charge on any atom is 0.169 e. The number of nitrogens with two attached hydrogens (primary N) is 1. The van der Waals surface area contributed by atoms with Crippen molar-refractivity contribution in [2.24, 2.45) is 0 Å². The number of nitrogens with one attached hydrogen (secondary N) is 2.